The van der Waals surface area contributed by atoms with E-state index in [9.17, 15) is 0 Å². The highest BCUT2D eigenvalue weighted by molar-refractivity contribution is 5.85. The maximum absolute atomic E-state index is 8.81. The molecule has 1 rings (SSSR count). The monoisotopic (exact) mass is 291 g/mol. The Balaban J connectivity index is 2.53. The Morgan fingerprint density at radius 2 is 1.90 bits per heavy atom. The number of amidine groups is 1. The summed E-state index contributed by atoms with van der Waals surface area (Å²) in [5.41, 5.74) is 6.81. The zero-order valence-corrected chi connectivity index (χ0v) is 13.7. The van der Waals surface area contributed by atoms with Crippen molar-refractivity contribution in [1.82, 2.24) is 4.90 Å². The molecule has 0 aliphatic rings. The Labute approximate surface area is 128 Å². The first-order chi connectivity index (χ1) is 9.86. The molecule has 0 aromatic heterocycles. The van der Waals surface area contributed by atoms with Crippen LogP contribution in [0.5, 0.6) is 0 Å². The summed E-state index contributed by atoms with van der Waals surface area (Å²) in [7, 11) is 0. The fraction of sp³-hybridized carbons (Fsp3) is 0.588. The van der Waals surface area contributed by atoms with E-state index in [4.69, 9.17) is 10.9 Å². The van der Waals surface area contributed by atoms with E-state index in [1.165, 1.54) is 5.56 Å². The van der Waals surface area contributed by atoms with Crippen molar-refractivity contribution in [3.05, 3.63) is 35.9 Å². The third kappa shape index (κ3) is 5.76. The highest BCUT2D eigenvalue weighted by Gasteiger charge is 2.23. The number of nitrogens with zero attached hydrogens (tertiary/aromatic N) is 2. The molecular formula is C17H29N3O. The minimum atomic E-state index is -0.260. The number of hydrogen-bond acceptors (Lipinski definition) is 3. The molecule has 1 aromatic rings. The van der Waals surface area contributed by atoms with E-state index >= 15 is 0 Å². The molecule has 0 aliphatic carbocycles. The van der Waals surface area contributed by atoms with Gasteiger partial charge in [0.05, 0.1) is 0 Å². The van der Waals surface area contributed by atoms with Crippen LogP contribution in [-0.2, 0) is 6.54 Å². The lowest BCUT2D eigenvalue weighted by molar-refractivity contribution is 0.201. The normalized spacial score (nSPS) is 13.1. The molecule has 0 unspecified atom stereocenters. The van der Waals surface area contributed by atoms with Crippen molar-refractivity contribution in [2.75, 3.05) is 6.54 Å². The Hall–Kier alpha value is -1.55. The first kappa shape index (κ1) is 17.5. The standard InChI is InChI=1S/C17H29N3O/c1-14(2)20(13-15-9-6-5-7-10-15)12-8-11-17(3,4)16(18)19-21/h5-7,9-10,14,21H,8,11-13H2,1-4H3,(H2,18,19). The van der Waals surface area contributed by atoms with Gasteiger partial charge in [0.1, 0.15) is 5.84 Å². The van der Waals surface area contributed by atoms with Gasteiger partial charge in [0.15, 0.2) is 0 Å². The van der Waals surface area contributed by atoms with Crippen molar-refractivity contribution < 1.29 is 5.21 Å². The number of nitrogens with two attached hydrogens (primary N) is 1. The molecule has 0 bridgehead atoms. The summed E-state index contributed by atoms with van der Waals surface area (Å²) in [6.07, 6.45) is 1.93. The molecule has 0 radical (unpaired) electrons. The predicted molar refractivity (Wildman–Crippen MR) is 88.4 cm³/mol. The van der Waals surface area contributed by atoms with Crippen molar-refractivity contribution in [3.63, 3.8) is 0 Å². The van der Waals surface area contributed by atoms with Crippen LogP contribution in [0.2, 0.25) is 0 Å². The topological polar surface area (TPSA) is 61.8 Å². The maximum Gasteiger partial charge on any atom is 0.144 e. The van der Waals surface area contributed by atoms with Gasteiger partial charge in [0.25, 0.3) is 0 Å². The van der Waals surface area contributed by atoms with Gasteiger partial charge in [-0.1, -0.05) is 49.3 Å². The first-order valence-corrected chi connectivity index (χ1v) is 7.63. The molecule has 4 nitrogen and oxygen atoms in total. The highest BCUT2D eigenvalue weighted by Crippen LogP contribution is 2.23. The molecule has 21 heavy (non-hydrogen) atoms. The zero-order chi connectivity index (χ0) is 15.9. The molecule has 0 atom stereocenters. The van der Waals surface area contributed by atoms with Gasteiger partial charge in [-0.15, -0.1) is 0 Å². The molecule has 0 fully saturated rings. The Bertz CT molecular complexity index is 441. The number of rotatable bonds is 8. The maximum atomic E-state index is 8.81. The van der Waals surface area contributed by atoms with Gasteiger partial charge >= 0.3 is 0 Å². The van der Waals surface area contributed by atoms with Crippen molar-refractivity contribution in [3.8, 4) is 0 Å². The van der Waals surface area contributed by atoms with Crippen LogP contribution in [0.25, 0.3) is 0 Å². The minimum Gasteiger partial charge on any atom is -0.409 e. The fourth-order valence-electron chi connectivity index (χ4n) is 2.33. The van der Waals surface area contributed by atoms with E-state index in [2.05, 4.69) is 48.2 Å². The van der Waals surface area contributed by atoms with Gasteiger partial charge in [0.2, 0.25) is 0 Å². The number of benzene rings is 1. The molecule has 0 amide bonds. The van der Waals surface area contributed by atoms with E-state index in [1.807, 2.05) is 19.9 Å². The summed E-state index contributed by atoms with van der Waals surface area (Å²) in [5.74, 6) is 0.307. The second-order valence-corrected chi connectivity index (χ2v) is 6.52. The van der Waals surface area contributed by atoms with Gasteiger partial charge in [0, 0.05) is 18.0 Å². The molecule has 118 valence electrons. The largest absolute Gasteiger partial charge is 0.409 e. The van der Waals surface area contributed by atoms with Gasteiger partial charge in [-0.05, 0) is 38.8 Å². The van der Waals surface area contributed by atoms with Crippen molar-refractivity contribution >= 4 is 5.84 Å². The van der Waals surface area contributed by atoms with E-state index < -0.39 is 0 Å². The van der Waals surface area contributed by atoms with Gasteiger partial charge in [-0.2, -0.15) is 0 Å². The summed E-state index contributed by atoms with van der Waals surface area (Å²) in [6, 6.07) is 11.0. The van der Waals surface area contributed by atoms with Crippen LogP contribution in [0.1, 0.15) is 46.1 Å². The van der Waals surface area contributed by atoms with Crippen molar-refractivity contribution in [1.29, 1.82) is 0 Å². The summed E-state index contributed by atoms with van der Waals surface area (Å²) >= 11 is 0. The molecule has 0 saturated carbocycles. The minimum absolute atomic E-state index is 0.260. The molecule has 0 aliphatic heterocycles. The van der Waals surface area contributed by atoms with Crippen LogP contribution >= 0.6 is 0 Å². The molecule has 0 saturated heterocycles. The molecular weight excluding hydrogens is 262 g/mol. The summed E-state index contributed by atoms with van der Waals surface area (Å²) in [6.45, 7) is 10.4. The third-order valence-corrected chi connectivity index (χ3v) is 4.01. The number of oxime groups is 1. The van der Waals surface area contributed by atoms with Crippen LogP contribution < -0.4 is 5.73 Å². The van der Waals surface area contributed by atoms with Crippen LogP contribution in [0.3, 0.4) is 0 Å². The van der Waals surface area contributed by atoms with Crippen molar-refractivity contribution in [2.45, 2.75) is 53.1 Å². The molecule has 3 N–H and O–H groups in total. The van der Waals surface area contributed by atoms with E-state index in [1.54, 1.807) is 0 Å². The third-order valence-electron chi connectivity index (χ3n) is 4.01. The molecule has 0 spiro atoms. The summed E-state index contributed by atoms with van der Waals surface area (Å²) < 4.78 is 0. The number of hydrogen-bond donors (Lipinski definition) is 2. The van der Waals surface area contributed by atoms with E-state index in [0.717, 1.165) is 25.9 Å². The Morgan fingerprint density at radius 1 is 1.29 bits per heavy atom. The van der Waals surface area contributed by atoms with E-state index in [0.29, 0.717) is 11.9 Å². The molecule has 0 heterocycles. The SMILES string of the molecule is CC(C)N(CCCC(C)(C)C(N)=NO)Cc1ccccc1. The zero-order valence-electron chi connectivity index (χ0n) is 13.7. The predicted octanol–water partition coefficient (Wildman–Crippen LogP) is 3.45. The van der Waals surface area contributed by atoms with Crippen LogP contribution in [-0.4, -0.2) is 28.5 Å². The Kier molecular flexibility index (Phi) is 6.69. The highest BCUT2D eigenvalue weighted by atomic mass is 16.4. The molecule has 4 heteroatoms. The quantitative estimate of drug-likeness (QED) is 0.334. The fourth-order valence-corrected chi connectivity index (χ4v) is 2.33. The lowest BCUT2D eigenvalue weighted by Crippen LogP contribution is -2.35. The first-order valence-electron chi connectivity index (χ1n) is 7.63. The second-order valence-electron chi connectivity index (χ2n) is 6.52. The van der Waals surface area contributed by atoms with Crippen LogP contribution in [0.4, 0.5) is 0 Å². The molecule has 1 aromatic carbocycles. The lowest BCUT2D eigenvalue weighted by atomic mass is 9.86. The second kappa shape index (κ2) is 8.03. The average molecular weight is 291 g/mol. The van der Waals surface area contributed by atoms with Gasteiger partial charge in [-0.3, -0.25) is 4.90 Å². The Morgan fingerprint density at radius 3 is 2.43 bits per heavy atom. The smallest absolute Gasteiger partial charge is 0.144 e. The lowest BCUT2D eigenvalue weighted by Gasteiger charge is -2.29. The van der Waals surface area contributed by atoms with Crippen LogP contribution in [0.15, 0.2) is 35.5 Å². The summed E-state index contributed by atoms with van der Waals surface area (Å²) in [4.78, 5) is 2.46. The van der Waals surface area contributed by atoms with Gasteiger partial charge in [-0.25, -0.2) is 0 Å². The van der Waals surface area contributed by atoms with Crippen LogP contribution in [0, 0.1) is 5.41 Å². The van der Waals surface area contributed by atoms with Crippen molar-refractivity contribution in [2.24, 2.45) is 16.3 Å². The van der Waals surface area contributed by atoms with Gasteiger partial charge < -0.3 is 10.9 Å². The average Bonchev–Trinajstić information content (AvgIpc) is 2.46. The summed E-state index contributed by atoms with van der Waals surface area (Å²) in [5, 5.41) is 12.0. The van der Waals surface area contributed by atoms with E-state index in [-0.39, 0.29) is 5.41 Å².